The van der Waals surface area contributed by atoms with Crippen molar-refractivity contribution in [3.63, 3.8) is 0 Å². The number of rotatable bonds is 2. The number of aromatic nitrogens is 1. The van der Waals surface area contributed by atoms with Crippen LogP contribution in [0, 0.1) is 0 Å². The van der Waals surface area contributed by atoms with Crippen LogP contribution >= 0.6 is 0 Å². The summed E-state index contributed by atoms with van der Waals surface area (Å²) in [6, 6.07) is 9.81. The molecule has 3 heterocycles. The van der Waals surface area contributed by atoms with Crippen LogP contribution in [0.15, 0.2) is 36.5 Å². The summed E-state index contributed by atoms with van der Waals surface area (Å²) >= 11 is 0. The van der Waals surface area contributed by atoms with Crippen molar-refractivity contribution in [2.75, 3.05) is 26.2 Å². The van der Waals surface area contributed by atoms with Gasteiger partial charge < -0.3 is 10.2 Å². The van der Waals surface area contributed by atoms with Gasteiger partial charge in [0.2, 0.25) is 11.8 Å². The van der Waals surface area contributed by atoms with Gasteiger partial charge in [0.15, 0.2) is 0 Å². The molecule has 118 valence electrons. The molecule has 4 rings (SSSR count). The number of pyridine rings is 1. The number of piperazine rings is 2. The van der Waals surface area contributed by atoms with Gasteiger partial charge in [-0.25, -0.2) is 0 Å². The summed E-state index contributed by atoms with van der Waals surface area (Å²) in [4.78, 5) is 32.3. The lowest BCUT2D eigenvalue weighted by atomic mass is 10.1. The number of carbonyl (C=O) groups is 2. The third-order valence-electron chi connectivity index (χ3n) is 4.55. The fourth-order valence-corrected chi connectivity index (χ4v) is 3.35. The van der Waals surface area contributed by atoms with E-state index >= 15 is 0 Å². The normalized spacial score (nSPS) is 22.1. The van der Waals surface area contributed by atoms with Gasteiger partial charge in [-0.3, -0.25) is 19.5 Å². The SMILES string of the molecule is O=C1NCC(=O)N2CCN(Cc3cnc4ccccc4c3)CC12. The van der Waals surface area contributed by atoms with E-state index in [1.54, 1.807) is 4.90 Å². The maximum atomic E-state index is 12.0. The molecular formula is C17H18N4O2. The lowest BCUT2D eigenvalue weighted by Crippen LogP contribution is -2.65. The van der Waals surface area contributed by atoms with Crippen molar-refractivity contribution in [3.05, 3.63) is 42.1 Å². The average Bonchev–Trinajstić information content (AvgIpc) is 2.58. The molecule has 2 amide bonds. The zero-order valence-corrected chi connectivity index (χ0v) is 12.7. The van der Waals surface area contributed by atoms with Crippen LogP contribution in [0.25, 0.3) is 10.9 Å². The number of fused-ring (bicyclic) bond motifs is 2. The molecule has 0 saturated carbocycles. The maximum Gasteiger partial charge on any atom is 0.244 e. The molecule has 1 aromatic heterocycles. The molecule has 2 aliphatic heterocycles. The van der Waals surface area contributed by atoms with E-state index in [1.807, 2.05) is 24.4 Å². The minimum Gasteiger partial charge on any atom is -0.345 e. The summed E-state index contributed by atoms with van der Waals surface area (Å²) in [7, 11) is 0. The quantitative estimate of drug-likeness (QED) is 0.871. The molecule has 0 spiro atoms. The highest BCUT2D eigenvalue weighted by molar-refractivity contribution is 5.95. The number of para-hydroxylation sites is 1. The molecule has 0 bridgehead atoms. The first-order valence-corrected chi connectivity index (χ1v) is 7.84. The van der Waals surface area contributed by atoms with Crippen molar-refractivity contribution in [2.24, 2.45) is 0 Å². The molecule has 1 atom stereocenters. The Morgan fingerprint density at radius 2 is 2.09 bits per heavy atom. The molecular weight excluding hydrogens is 292 g/mol. The van der Waals surface area contributed by atoms with Gasteiger partial charge in [-0.2, -0.15) is 0 Å². The molecule has 0 radical (unpaired) electrons. The average molecular weight is 310 g/mol. The van der Waals surface area contributed by atoms with Crippen molar-refractivity contribution < 1.29 is 9.59 Å². The molecule has 2 saturated heterocycles. The van der Waals surface area contributed by atoms with Crippen LogP contribution < -0.4 is 5.32 Å². The second-order valence-corrected chi connectivity index (χ2v) is 6.09. The van der Waals surface area contributed by atoms with Gasteiger partial charge in [0, 0.05) is 37.8 Å². The Labute approximate surface area is 134 Å². The highest BCUT2D eigenvalue weighted by Crippen LogP contribution is 2.18. The molecule has 2 fully saturated rings. The second-order valence-electron chi connectivity index (χ2n) is 6.09. The van der Waals surface area contributed by atoms with Crippen LogP contribution in [0.2, 0.25) is 0 Å². The van der Waals surface area contributed by atoms with Crippen LogP contribution in [0.5, 0.6) is 0 Å². The van der Waals surface area contributed by atoms with Crippen LogP contribution in [0.4, 0.5) is 0 Å². The molecule has 1 N–H and O–H groups in total. The minimum atomic E-state index is -0.363. The van der Waals surface area contributed by atoms with Gasteiger partial charge in [-0.1, -0.05) is 18.2 Å². The van der Waals surface area contributed by atoms with E-state index in [9.17, 15) is 9.59 Å². The highest BCUT2D eigenvalue weighted by atomic mass is 16.2. The van der Waals surface area contributed by atoms with Crippen LogP contribution in [-0.2, 0) is 16.1 Å². The zero-order chi connectivity index (χ0) is 15.8. The van der Waals surface area contributed by atoms with Crippen molar-refractivity contribution in [1.29, 1.82) is 0 Å². The third-order valence-corrected chi connectivity index (χ3v) is 4.55. The first kappa shape index (κ1) is 14.1. The maximum absolute atomic E-state index is 12.0. The standard InChI is InChI=1S/C17H18N4O2/c22-16-9-19-17(23)15-11-20(5-6-21(15)16)10-12-7-13-3-1-2-4-14(13)18-8-12/h1-4,7-8,15H,5-6,9-11H2,(H,19,23). The van der Waals surface area contributed by atoms with Crippen LogP contribution in [0.1, 0.15) is 5.56 Å². The largest absolute Gasteiger partial charge is 0.345 e. The lowest BCUT2D eigenvalue weighted by Gasteiger charge is -2.42. The topological polar surface area (TPSA) is 65.5 Å². The smallest absolute Gasteiger partial charge is 0.244 e. The molecule has 23 heavy (non-hydrogen) atoms. The molecule has 0 aliphatic carbocycles. The van der Waals surface area contributed by atoms with Gasteiger partial charge in [-0.15, -0.1) is 0 Å². The summed E-state index contributed by atoms with van der Waals surface area (Å²) in [5, 5.41) is 3.79. The summed E-state index contributed by atoms with van der Waals surface area (Å²) < 4.78 is 0. The Morgan fingerprint density at radius 1 is 1.22 bits per heavy atom. The molecule has 6 heteroatoms. The van der Waals surface area contributed by atoms with Gasteiger partial charge in [0.1, 0.15) is 6.04 Å². The Balaban J connectivity index is 1.50. The van der Waals surface area contributed by atoms with Crippen LogP contribution in [0.3, 0.4) is 0 Å². The number of nitrogens with one attached hydrogen (secondary N) is 1. The lowest BCUT2D eigenvalue weighted by molar-refractivity contribution is -0.149. The van der Waals surface area contributed by atoms with Crippen molar-refractivity contribution in [1.82, 2.24) is 20.1 Å². The fraction of sp³-hybridized carbons (Fsp3) is 0.353. The molecule has 2 aromatic rings. The molecule has 6 nitrogen and oxygen atoms in total. The van der Waals surface area contributed by atoms with E-state index in [0.29, 0.717) is 13.1 Å². The van der Waals surface area contributed by atoms with Crippen molar-refractivity contribution in [3.8, 4) is 0 Å². The number of carbonyl (C=O) groups excluding carboxylic acids is 2. The monoisotopic (exact) mass is 310 g/mol. The van der Waals surface area contributed by atoms with Crippen molar-refractivity contribution in [2.45, 2.75) is 12.6 Å². The Bertz CT molecular complexity index is 776. The number of hydrogen-bond acceptors (Lipinski definition) is 4. The fourth-order valence-electron chi connectivity index (χ4n) is 3.35. The summed E-state index contributed by atoms with van der Waals surface area (Å²) in [6.45, 7) is 2.83. The molecule has 1 unspecified atom stereocenters. The van der Waals surface area contributed by atoms with E-state index in [2.05, 4.69) is 27.3 Å². The molecule has 1 aromatic carbocycles. The van der Waals surface area contributed by atoms with E-state index < -0.39 is 0 Å². The van der Waals surface area contributed by atoms with Gasteiger partial charge >= 0.3 is 0 Å². The van der Waals surface area contributed by atoms with Gasteiger partial charge in [0.05, 0.1) is 12.1 Å². The summed E-state index contributed by atoms with van der Waals surface area (Å²) in [5.41, 5.74) is 2.11. The Kier molecular flexibility index (Phi) is 3.46. The van der Waals surface area contributed by atoms with Gasteiger partial charge in [-0.05, 0) is 17.7 Å². The van der Waals surface area contributed by atoms with Crippen LogP contribution in [-0.4, -0.2) is 58.8 Å². The number of nitrogens with zero attached hydrogens (tertiary/aromatic N) is 3. The Hall–Kier alpha value is -2.47. The number of hydrogen-bond donors (Lipinski definition) is 1. The van der Waals surface area contributed by atoms with E-state index in [0.717, 1.165) is 29.6 Å². The third kappa shape index (κ3) is 2.66. The first-order chi connectivity index (χ1) is 11.2. The van der Waals surface area contributed by atoms with Crippen molar-refractivity contribution >= 4 is 22.7 Å². The van der Waals surface area contributed by atoms with E-state index in [4.69, 9.17) is 0 Å². The molecule has 2 aliphatic rings. The van der Waals surface area contributed by atoms with Gasteiger partial charge in [0.25, 0.3) is 0 Å². The minimum absolute atomic E-state index is 0.0154. The number of amides is 2. The van der Waals surface area contributed by atoms with E-state index in [1.165, 1.54) is 0 Å². The zero-order valence-electron chi connectivity index (χ0n) is 12.7. The Morgan fingerprint density at radius 3 is 3.00 bits per heavy atom. The highest BCUT2D eigenvalue weighted by Gasteiger charge is 2.38. The predicted octanol–water partition coefficient (Wildman–Crippen LogP) is 0.377. The first-order valence-electron chi connectivity index (χ1n) is 7.84. The summed E-state index contributed by atoms with van der Waals surface area (Å²) in [6.07, 6.45) is 1.89. The van der Waals surface area contributed by atoms with E-state index in [-0.39, 0.29) is 24.4 Å². The number of benzene rings is 1. The predicted molar refractivity (Wildman–Crippen MR) is 85.5 cm³/mol. The summed E-state index contributed by atoms with van der Waals surface area (Å²) in [5.74, 6) is -0.0347. The second kappa shape index (κ2) is 5.62.